The van der Waals surface area contributed by atoms with Crippen molar-refractivity contribution in [2.45, 2.75) is 13.5 Å². The zero-order valence-corrected chi connectivity index (χ0v) is 15.1. The molecule has 0 saturated carbocycles. The number of ether oxygens (including phenoxy) is 1. The van der Waals surface area contributed by atoms with Gasteiger partial charge in [0.2, 0.25) is 11.8 Å². The van der Waals surface area contributed by atoms with E-state index in [2.05, 4.69) is 15.6 Å². The number of aryl methyl sites for hydroxylation is 1. The number of aromatic nitrogens is 1. The highest BCUT2D eigenvalue weighted by Gasteiger charge is 2.13. The summed E-state index contributed by atoms with van der Waals surface area (Å²) >= 11 is 0. The van der Waals surface area contributed by atoms with Gasteiger partial charge in [-0.2, -0.15) is 0 Å². The Morgan fingerprint density at radius 3 is 2.79 bits per heavy atom. The minimum atomic E-state index is -0.424. The van der Waals surface area contributed by atoms with Crippen molar-refractivity contribution in [1.82, 2.24) is 15.6 Å². The molecule has 0 radical (unpaired) electrons. The van der Waals surface area contributed by atoms with Crippen molar-refractivity contribution in [3.05, 3.63) is 77.6 Å². The van der Waals surface area contributed by atoms with Gasteiger partial charge in [0, 0.05) is 24.4 Å². The molecule has 7 nitrogen and oxygen atoms in total. The van der Waals surface area contributed by atoms with E-state index in [0.29, 0.717) is 22.6 Å². The normalized spacial score (nSPS) is 10.4. The van der Waals surface area contributed by atoms with Crippen molar-refractivity contribution in [2.24, 2.45) is 0 Å². The van der Waals surface area contributed by atoms with E-state index in [0.717, 1.165) is 0 Å². The second-order valence-electron chi connectivity index (χ2n) is 5.88. The molecule has 0 unspecified atom stereocenters. The van der Waals surface area contributed by atoms with Crippen molar-refractivity contribution < 1.29 is 23.1 Å². The lowest BCUT2D eigenvalue weighted by Gasteiger charge is -2.11. The van der Waals surface area contributed by atoms with E-state index in [1.54, 1.807) is 25.1 Å². The zero-order valence-electron chi connectivity index (χ0n) is 15.1. The maximum absolute atomic E-state index is 13.3. The molecular formula is C20H18FN3O4. The molecule has 0 aliphatic carbocycles. The summed E-state index contributed by atoms with van der Waals surface area (Å²) in [5.41, 5.74) is 0.989. The summed E-state index contributed by atoms with van der Waals surface area (Å²) in [6.45, 7) is 1.61. The van der Waals surface area contributed by atoms with Crippen LogP contribution in [0.1, 0.15) is 21.7 Å². The molecule has 0 spiro atoms. The number of halogens is 1. The Bertz CT molecular complexity index is 987. The first-order chi connectivity index (χ1) is 13.5. The third kappa shape index (κ3) is 4.94. The third-order valence-electron chi connectivity index (χ3n) is 3.85. The Balaban J connectivity index is 1.55. The number of nitrogens with one attached hydrogen (secondary N) is 2. The lowest BCUT2D eigenvalue weighted by atomic mass is 10.2. The Morgan fingerprint density at radius 1 is 1.18 bits per heavy atom. The second kappa shape index (κ2) is 8.81. The molecule has 3 aromatic rings. The molecule has 0 aliphatic heterocycles. The first kappa shape index (κ1) is 19.1. The number of nitrogens with zero attached hydrogens (tertiary/aromatic N) is 1. The van der Waals surface area contributed by atoms with Crippen LogP contribution in [0.5, 0.6) is 11.6 Å². The van der Waals surface area contributed by atoms with E-state index >= 15 is 0 Å². The van der Waals surface area contributed by atoms with Crippen molar-refractivity contribution in [1.29, 1.82) is 0 Å². The van der Waals surface area contributed by atoms with Crippen LogP contribution in [-0.2, 0) is 11.3 Å². The van der Waals surface area contributed by atoms with E-state index < -0.39 is 11.7 Å². The molecule has 0 atom stereocenters. The van der Waals surface area contributed by atoms with Gasteiger partial charge in [0.25, 0.3) is 5.91 Å². The predicted molar refractivity (Wildman–Crippen MR) is 98.3 cm³/mol. The SMILES string of the molecule is Cc1occc1C(=O)NCC(=O)NCc1cccnc1Oc1cccc(F)c1. The number of rotatable bonds is 7. The van der Waals surface area contributed by atoms with Gasteiger partial charge in [-0.05, 0) is 31.2 Å². The first-order valence-corrected chi connectivity index (χ1v) is 8.49. The molecule has 144 valence electrons. The summed E-state index contributed by atoms with van der Waals surface area (Å²) in [4.78, 5) is 28.1. The number of pyridine rings is 1. The number of benzene rings is 1. The fraction of sp³-hybridized carbons (Fsp3) is 0.150. The van der Waals surface area contributed by atoms with Crippen LogP contribution in [-0.4, -0.2) is 23.3 Å². The third-order valence-corrected chi connectivity index (χ3v) is 3.85. The molecule has 3 rings (SSSR count). The van der Waals surface area contributed by atoms with Crippen LogP contribution in [0.3, 0.4) is 0 Å². The van der Waals surface area contributed by atoms with Crippen molar-refractivity contribution in [3.63, 3.8) is 0 Å². The quantitative estimate of drug-likeness (QED) is 0.654. The van der Waals surface area contributed by atoms with Crippen LogP contribution in [0.25, 0.3) is 0 Å². The van der Waals surface area contributed by atoms with Gasteiger partial charge in [-0.25, -0.2) is 9.37 Å². The maximum atomic E-state index is 13.3. The molecular weight excluding hydrogens is 365 g/mol. The monoisotopic (exact) mass is 383 g/mol. The van der Waals surface area contributed by atoms with E-state index in [4.69, 9.17) is 9.15 Å². The number of furan rings is 1. The average molecular weight is 383 g/mol. The van der Waals surface area contributed by atoms with Crippen LogP contribution in [0, 0.1) is 12.7 Å². The molecule has 0 fully saturated rings. The van der Waals surface area contributed by atoms with Crippen LogP contribution in [0.15, 0.2) is 59.3 Å². The van der Waals surface area contributed by atoms with E-state index in [1.165, 1.54) is 36.7 Å². The maximum Gasteiger partial charge on any atom is 0.255 e. The molecule has 28 heavy (non-hydrogen) atoms. The molecule has 0 saturated heterocycles. The predicted octanol–water partition coefficient (Wildman–Crippen LogP) is 2.96. The van der Waals surface area contributed by atoms with Gasteiger partial charge in [0.1, 0.15) is 17.3 Å². The Hall–Kier alpha value is -3.68. The Morgan fingerprint density at radius 2 is 2.04 bits per heavy atom. The van der Waals surface area contributed by atoms with E-state index in [9.17, 15) is 14.0 Å². The van der Waals surface area contributed by atoms with Gasteiger partial charge in [0.05, 0.1) is 18.4 Å². The minimum absolute atomic E-state index is 0.137. The average Bonchev–Trinajstić information content (AvgIpc) is 3.11. The number of hydrogen-bond acceptors (Lipinski definition) is 5. The van der Waals surface area contributed by atoms with Gasteiger partial charge in [-0.3, -0.25) is 9.59 Å². The number of amides is 2. The molecule has 2 amide bonds. The van der Waals surface area contributed by atoms with E-state index in [-0.39, 0.29) is 24.9 Å². The van der Waals surface area contributed by atoms with Crippen LogP contribution < -0.4 is 15.4 Å². The first-order valence-electron chi connectivity index (χ1n) is 8.49. The summed E-state index contributed by atoms with van der Waals surface area (Å²) in [5, 5.41) is 5.20. The summed E-state index contributed by atoms with van der Waals surface area (Å²) in [6.07, 6.45) is 2.94. The topological polar surface area (TPSA) is 93.5 Å². The van der Waals surface area contributed by atoms with E-state index in [1.807, 2.05) is 0 Å². The molecule has 0 bridgehead atoms. The summed E-state index contributed by atoms with van der Waals surface area (Å²) in [5.74, 6) is -0.160. The molecule has 2 heterocycles. The summed E-state index contributed by atoms with van der Waals surface area (Å²) in [7, 11) is 0. The van der Waals surface area contributed by atoms with Gasteiger partial charge in [-0.15, -0.1) is 0 Å². The summed E-state index contributed by atoms with van der Waals surface area (Å²) in [6, 6.07) is 10.6. The molecule has 1 aromatic carbocycles. The Labute approximate surface area is 160 Å². The number of hydrogen-bond donors (Lipinski definition) is 2. The number of carbonyl (C=O) groups excluding carboxylic acids is 2. The fourth-order valence-electron chi connectivity index (χ4n) is 2.43. The van der Waals surface area contributed by atoms with Crippen molar-refractivity contribution >= 4 is 11.8 Å². The van der Waals surface area contributed by atoms with Gasteiger partial charge < -0.3 is 19.8 Å². The molecule has 0 aliphatic rings. The summed E-state index contributed by atoms with van der Waals surface area (Å²) < 4.78 is 24.0. The van der Waals surface area contributed by atoms with Gasteiger partial charge in [0.15, 0.2) is 0 Å². The second-order valence-corrected chi connectivity index (χ2v) is 5.88. The number of carbonyl (C=O) groups is 2. The lowest BCUT2D eigenvalue weighted by Crippen LogP contribution is -2.36. The lowest BCUT2D eigenvalue weighted by molar-refractivity contribution is -0.120. The Kier molecular flexibility index (Phi) is 6.01. The van der Waals surface area contributed by atoms with Crippen molar-refractivity contribution in [3.8, 4) is 11.6 Å². The van der Waals surface area contributed by atoms with Crippen LogP contribution in [0.2, 0.25) is 0 Å². The van der Waals surface area contributed by atoms with Crippen LogP contribution >= 0.6 is 0 Å². The van der Waals surface area contributed by atoms with Crippen LogP contribution in [0.4, 0.5) is 4.39 Å². The van der Waals surface area contributed by atoms with Gasteiger partial charge in [-0.1, -0.05) is 12.1 Å². The molecule has 2 aromatic heterocycles. The highest BCUT2D eigenvalue weighted by Crippen LogP contribution is 2.23. The highest BCUT2D eigenvalue weighted by atomic mass is 19.1. The minimum Gasteiger partial charge on any atom is -0.469 e. The molecule has 8 heteroatoms. The fourth-order valence-corrected chi connectivity index (χ4v) is 2.43. The molecule has 2 N–H and O–H groups in total. The van der Waals surface area contributed by atoms with Crippen molar-refractivity contribution in [2.75, 3.05) is 6.54 Å². The largest absolute Gasteiger partial charge is 0.469 e. The standard InChI is InChI=1S/C20H18FN3O4/c1-13-17(7-9-27-13)19(26)24-12-18(25)23-11-14-4-3-8-22-20(14)28-16-6-2-5-15(21)10-16/h2-10H,11-12H2,1H3,(H,23,25)(H,24,26). The highest BCUT2D eigenvalue weighted by molar-refractivity contribution is 5.97. The smallest absolute Gasteiger partial charge is 0.255 e. The van der Waals surface area contributed by atoms with Gasteiger partial charge >= 0.3 is 0 Å². The zero-order chi connectivity index (χ0) is 19.9.